The summed E-state index contributed by atoms with van der Waals surface area (Å²) >= 11 is 0. The fourth-order valence-corrected chi connectivity index (χ4v) is 3.67. The first-order valence-electron chi connectivity index (χ1n) is 11.1. The van der Waals surface area contributed by atoms with E-state index in [1.807, 2.05) is 31.2 Å². The first-order chi connectivity index (χ1) is 14.9. The number of nitrogens with zero attached hydrogens (tertiary/aromatic N) is 2. The van der Waals surface area contributed by atoms with Crippen molar-refractivity contribution < 1.29 is 23.9 Å². The smallest absolute Gasteiger partial charge is 0.325 e. The number of rotatable bonds is 9. The first kappa shape index (κ1) is 25.4. The van der Waals surface area contributed by atoms with E-state index in [9.17, 15) is 19.2 Å². The van der Waals surface area contributed by atoms with Crippen LogP contribution in [0.25, 0.3) is 0 Å². The molecule has 0 bridgehead atoms. The fourth-order valence-electron chi connectivity index (χ4n) is 3.67. The van der Waals surface area contributed by atoms with Crippen LogP contribution in [0.1, 0.15) is 65.5 Å². The molecule has 0 aromatic heterocycles. The molecule has 176 valence electrons. The molecular formula is C24H35N3O5. The van der Waals surface area contributed by atoms with Gasteiger partial charge in [0.15, 0.2) is 0 Å². The van der Waals surface area contributed by atoms with Crippen molar-refractivity contribution in [1.82, 2.24) is 15.1 Å². The number of amides is 4. The number of urea groups is 1. The number of benzene rings is 1. The molecule has 1 fully saturated rings. The first-order valence-corrected chi connectivity index (χ1v) is 11.1. The van der Waals surface area contributed by atoms with Crippen LogP contribution < -0.4 is 5.32 Å². The molecule has 32 heavy (non-hydrogen) atoms. The summed E-state index contributed by atoms with van der Waals surface area (Å²) in [4.78, 5) is 52.8. The Morgan fingerprint density at radius 2 is 1.72 bits per heavy atom. The van der Waals surface area contributed by atoms with Crippen LogP contribution in [0.2, 0.25) is 0 Å². The molecule has 0 spiro atoms. The molecule has 1 unspecified atom stereocenters. The van der Waals surface area contributed by atoms with Gasteiger partial charge in [-0.25, -0.2) is 4.79 Å². The number of carbonyl (C=O) groups is 4. The van der Waals surface area contributed by atoms with E-state index >= 15 is 0 Å². The molecule has 1 saturated heterocycles. The molecule has 0 aliphatic carbocycles. The zero-order valence-corrected chi connectivity index (χ0v) is 20.0. The van der Waals surface area contributed by atoms with E-state index in [0.717, 1.165) is 10.5 Å². The summed E-state index contributed by atoms with van der Waals surface area (Å²) in [6, 6.07) is 6.98. The summed E-state index contributed by atoms with van der Waals surface area (Å²) in [5, 5.41) is 2.74. The zero-order valence-electron chi connectivity index (χ0n) is 20.0. The molecule has 1 aromatic carbocycles. The van der Waals surface area contributed by atoms with Crippen molar-refractivity contribution in [2.75, 3.05) is 26.2 Å². The third-order valence-corrected chi connectivity index (χ3v) is 5.63. The number of nitrogens with one attached hydrogen (secondary N) is 1. The molecule has 8 heteroatoms. The molecule has 1 N–H and O–H groups in total. The van der Waals surface area contributed by atoms with Crippen LogP contribution in [-0.4, -0.2) is 59.9 Å². The SMILES string of the molecule is CCCN(CCC(=O)OCC)C(=O)CN1C(=O)NC(C)(c2ccc(C(C)(C)C)cc2)C1=O. The molecule has 4 amide bonds. The maximum absolute atomic E-state index is 13.2. The van der Waals surface area contributed by atoms with Gasteiger partial charge in [0.1, 0.15) is 12.1 Å². The average Bonchev–Trinajstić information content (AvgIpc) is 2.94. The largest absolute Gasteiger partial charge is 0.466 e. The lowest BCUT2D eigenvalue weighted by Crippen LogP contribution is -2.45. The van der Waals surface area contributed by atoms with Crippen molar-refractivity contribution in [1.29, 1.82) is 0 Å². The third-order valence-electron chi connectivity index (χ3n) is 5.63. The van der Waals surface area contributed by atoms with Gasteiger partial charge in [-0.3, -0.25) is 19.3 Å². The minimum absolute atomic E-state index is 0.0346. The molecule has 0 radical (unpaired) electrons. The highest BCUT2D eigenvalue weighted by atomic mass is 16.5. The second kappa shape index (κ2) is 10.1. The highest BCUT2D eigenvalue weighted by Crippen LogP contribution is 2.31. The maximum Gasteiger partial charge on any atom is 0.325 e. The Kier molecular flexibility index (Phi) is 8.04. The van der Waals surface area contributed by atoms with E-state index in [0.29, 0.717) is 18.5 Å². The number of imide groups is 1. The highest BCUT2D eigenvalue weighted by molar-refractivity contribution is 6.09. The third kappa shape index (κ3) is 5.66. The Morgan fingerprint density at radius 1 is 1.09 bits per heavy atom. The van der Waals surface area contributed by atoms with E-state index < -0.39 is 17.5 Å². The zero-order chi connectivity index (χ0) is 24.1. The Balaban J connectivity index is 2.13. The van der Waals surface area contributed by atoms with Crippen LogP contribution in [0.15, 0.2) is 24.3 Å². The van der Waals surface area contributed by atoms with Gasteiger partial charge in [-0.05, 0) is 36.8 Å². The van der Waals surface area contributed by atoms with E-state index in [-0.39, 0.29) is 43.4 Å². The van der Waals surface area contributed by atoms with Gasteiger partial charge < -0.3 is 15.0 Å². The molecule has 1 heterocycles. The van der Waals surface area contributed by atoms with Gasteiger partial charge in [-0.2, -0.15) is 0 Å². The van der Waals surface area contributed by atoms with E-state index in [1.165, 1.54) is 4.90 Å². The van der Waals surface area contributed by atoms with Gasteiger partial charge >= 0.3 is 12.0 Å². The molecular weight excluding hydrogens is 410 g/mol. The molecule has 2 rings (SSSR count). The minimum Gasteiger partial charge on any atom is -0.466 e. The average molecular weight is 446 g/mol. The minimum atomic E-state index is -1.24. The quantitative estimate of drug-likeness (QED) is 0.466. The van der Waals surface area contributed by atoms with Crippen LogP contribution in [0.5, 0.6) is 0 Å². The number of hydrogen-bond acceptors (Lipinski definition) is 5. The van der Waals surface area contributed by atoms with Crippen LogP contribution >= 0.6 is 0 Å². The number of carbonyl (C=O) groups excluding carboxylic acids is 4. The van der Waals surface area contributed by atoms with Gasteiger partial charge in [-0.1, -0.05) is 52.0 Å². The van der Waals surface area contributed by atoms with Crippen molar-refractivity contribution in [3.05, 3.63) is 35.4 Å². The molecule has 1 aliphatic rings. The summed E-state index contributed by atoms with van der Waals surface area (Å²) in [6.45, 7) is 12.1. The number of esters is 1. The summed E-state index contributed by atoms with van der Waals surface area (Å²) in [5.74, 6) is -1.24. The monoisotopic (exact) mass is 445 g/mol. The molecule has 1 atom stereocenters. The van der Waals surface area contributed by atoms with Gasteiger partial charge in [0, 0.05) is 13.1 Å². The van der Waals surface area contributed by atoms with Crippen molar-refractivity contribution in [3.8, 4) is 0 Å². The van der Waals surface area contributed by atoms with Crippen LogP contribution in [-0.2, 0) is 30.1 Å². The predicted molar refractivity (Wildman–Crippen MR) is 121 cm³/mol. The van der Waals surface area contributed by atoms with Crippen molar-refractivity contribution >= 4 is 23.8 Å². The van der Waals surface area contributed by atoms with Crippen molar-refractivity contribution in [3.63, 3.8) is 0 Å². The van der Waals surface area contributed by atoms with Crippen molar-refractivity contribution in [2.24, 2.45) is 0 Å². The molecule has 1 aliphatic heterocycles. The lowest BCUT2D eigenvalue weighted by molar-refractivity contribution is -0.145. The Hall–Kier alpha value is -2.90. The molecule has 0 saturated carbocycles. The standard InChI is InChI=1S/C24H35N3O5/c1-7-14-26(15-13-20(29)32-8-2)19(28)16-27-21(30)24(6,25-22(27)31)18-11-9-17(10-12-18)23(3,4)5/h9-12H,7-8,13-16H2,1-6H3,(H,25,31). The highest BCUT2D eigenvalue weighted by Gasteiger charge is 2.49. The Morgan fingerprint density at radius 3 is 2.25 bits per heavy atom. The van der Waals surface area contributed by atoms with Crippen LogP contribution in [0, 0.1) is 0 Å². The Labute approximate surface area is 190 Å². The van der Waals surface area contributed by atoms with Crippen molar-refractivity contribution in [2.45, 2.75) is 65.3 Å². The molecule has 8 nitrogen and oxygen atoms in total. The second-order valence-corrected chi connectivity index (χ2v) is 9.21. The van der Waals surface area contributed by atoms with Crippen LogP contribution in [0.4, 0.5) is 4.79 Å². The predicted octanol–water partition coefficient (Wildman–Crippen LogP) is 2.94. The summed E-state index contributed by atoms with van der Waals surface area (Å²) in [7, 11) is 0. The van der Waals surface area contributed by atoms with Crippen LogP contribution in [0.3, 0.4) is 0 Å². The topological polar surface area (TPSA) is 96.0 Å². The lowest BCUT2D eigenvalue weighted by atomic mass is 9.84. The fraction of sp³-hybridized carbons (Fsp3) is 0.583. The van der Waals surface area contributed by atoms with Gasteiger partial charge in [0.2, 0.25) is 5.91 Å². The van der Waals surface area contributed by atoms with E-state index in [2.05, 4.69) is 26.1 Å². The number of hydrogen-bond donors (Lipinski definition) is 1. The van der Waals surface area contributed by atoms with E-state index in [1.54, 1.807) is 13.8 Å². The maximum atomic E-state index is 13.2. The molecule has 1 aromatic rings. The summed E-state index contributed by atoms with van der Waals surface area (Å²) in [6.07, 6.45) is 0.754. The van der Waals surface area contributed by atoms with Gasteiger partial charge in [-0.15, -0.1) is 0 Å². The lowest BCUT2D eigenvalue weighted by Gasteiger charge is -2.26. The Bertz CT molecular complexity index is 859. The normalized spacial score (nSPS) is 18.5. The summed E-state index contributed by atoms with van der Waals surface area (Å²) in [5.41, 5.74) is 0.499. The van der Waals surface area contributed by atoms with Gasteiger partial charge in [0.05, 0.1) is 13.0 Å². The second-order valence-electron chi connectivity index (χ2n) is 9.21. The van der Waals surface area contributed by atoms with Gasteiger partial charge in [0.25, 0.3) is 5.91 Å². The summed E-state index contributed by atoms with van der Waals surface area (Å²) < 4.78 is 4.92. The number of ether oxygens (including phenoxy) is 1. The van der Waals surface area contributed by atoms with E-state index in [4.69, 9.17) is 4.74 Å².